The van der Waals surface area contributed by atoms with Crippen molar-refractivity contribution in [1.29, 1.82) is 0 Å². The van der Waals surface area contributed by atoms with Gasteiger partial charge in [0, 0.05) is 50.0 Å². The molecule has 1 aromatic heterocycles. The van der Waals surface area contributed by atoms with Crippen molar-refractivity contribution in [2.45, 2.75) is 13.0 Å². The van der Waals surface area contributed by atoms with Gasteiger partial charge in [0.05, 0.1) is 4.88 Å². The van der Waals surface area contributed by atoms with Gasteiger partial charge in [-0.15, -0.1) is 11.3 Å². The SMILES string of the molecule is CC(CNC(=O)c1sccc1-c1ccccc1)N1CCN(c2ccccc2)CC1. The van der Waals surface area contributed by atoms with E-state index in [1.165, 1.54) is 17.0 Å². The Labute approximate surface area is 176 Å². The predicted molar refractivity (Wildman–Crippen MR) is 122 cm³/mol. The largest absolute Gasteiger partial charge is 0.369 e. The molecular formula is C24H27N3OS. The van der Waals surface area contributed by atoms with Crippen LogP contribution in [-0.2, 0) is 0 Å². The number of nitrogens with zero attached hydrogens (tertiary/aromatic N) is 2. The van der Waals surface area contributed by atoms with E-state index in [9.17, 15) is 4.79 Å². The molecule has 4 nitrogen and oxygen atoms in total. The van der Waals surface area contributed by atoms with Crippen molar-refractivity contribution in [1.82, 2.24) is 10.2 Å². The smallest absolute Gasteiger partial charge is 0.262 e. The van der Waals surface area contributed by atoms with Crippen molar-refractivity contribution in [2.24, 2.45) is 0 Å². The highest BCUT2D eigenvalue weighted by atomic mass is 32.1. The minimum absolute atomic E-state index is 0.0219. The van der Waals surface area contributed by atoms with Crippen molar-refractivity contribution < 1.29 is 4.79 Å². The zero-order chi connectivity index (χ0) is 20.1. The molecule has 1 aliphatic rings. The Hall–Kier alpha value is -2.63. The molecule has 5 heteroatoms. The number of carbonyl (C=O) groups excluding carboxylic acids is 1. The van der Waals surface area contributed by atoms with Gasteiger partial charge in [-0.3, -0.25) is 9.69 Å². The Morgan fingerprint density at radius 3 is 2.31 bits per heavy atom. The molecule has 0 saturated carbocycles. The third-order valence-corrected chi connectivity index (χ3v) is 6.49. The van der Waals surface area contributed by atoms with Gasteiger partial charge < -0.3 is 10.2 Å². The fourth-order valence-electron chi connectivity index (χ4n) is 3.84. The van der Waals surface area contributed by atoms with Crippen molar-refractivity contribution in [2.75, 3.05) is 37.6 Å². The maximum atomic E-state index is 12.8. The van der Waals surface area contributed by atoms with Gasteiger partial charge in [0.1, 0.15) is 0 Å². The molecule has 1 saturated heterocycles. The van der Waals surface area contributed by atoms with E-state index in [1.807, 2.05) is 41.8 Å². The van der Waals surface area contributed by atoms with E-state index in [0.717, 1.165) is 42.2 Å². The first kappa shape index (κ1) is 19.7. The van der Waals surface area contributed by atoms with E-state index < -0.39 is 0 Å². The quantitative estimate of drug-likeness (QED) is 0.662. The van der Waals surface area contributed by atoms with Crippen LogP contribution in [0.4, 0.5) is 5.69 Å². The molecule has 0 spiro atoms. The van der Waals surface area contributed by atoms with Crippen LogP contribution in [0.25, 0.3) is 11.1 Å². The summed E-state index contributed by atoms with van der Waals surface area (Å²) in [7, 11) is 0. The lowest BCUT2D eigenvalue weighted by atomic mass is 10.1. The van der Waals surface area contributed by atoms with Gasteiger partial charge in [-0.25, -0.2) is 0 Å². The van der Waals surface area contributed by atoms with Gasteiger partial charge in [0.15, 0.2) is 0 Å². The molecule has 1 fully saturated rings. The first-order valence-corrected chi connectivity index (χ1v) is 11.1. The molecule has 4 rings (SSSR count). The molecule has 0 aliphatic carbocycles. The minimum Gasteiger partial charge on any atom is -0.369 e. The average Bonchev–Trinajstić information content (AvgIpc) is 3.29. The maximum Gasteiger partial charge on any atom is 0.262 e. The second-order valence-corrected chi connectivity index (χ2v) is 8.36. The fraction of sp³-hybridized carbons (Fsp3) is 0.292. The number of hydrogen-bond donors (Lipinski definition) is 1. The summed E-state index contributed by atoms with van der Waals surface area (Å²) in [4.78, 5) is 18.5. The summed E-state index contributed by atoms with van der Waals surface area (Å²) in [6, 6.07) is 23.0. The summed E-state index contributed by atoms with van der Waals surface area (Å²) in [5, 5.41) is 5.14. The number of thiophene rings is 1. The highest BCUT2D eigenvalue weighted by Crippen LogP contribution is 2.28. The molecule has 1 amide bonds. The number of amides is 1. The summed E-state index contributed by atoms with van der Waals surface area (Å²) in [6.45, 7) is 6.93. The molecule has 29 heavy (non-hydrogen) atoms. The van der Waals surface area contributed by atoms with Crippen LogP contribution < -0.4 is 10.2 Å². The van der Waals surface area contributed by atoms with Crippen LogP contribution in [0.15, 0.2) is 72.1 Å². The molecule has 150 valence electrons. The van der Waals surface area contributed by atoms with Gasteiger partial charge in [-0.1, -0.05) is 48.5 Å². The van der Waals surface area contributed by atoms with E-state index in [2.05, 4.69) is 52.4 Å². The second-order valence-electron chi connectivity index (χ2n) is 7.45. The predicted octanol–water partition coefficient (Wildman–Crippen LogP) is 4.36. The summed E-state index contributed by atoms with van der Waals surface area (Å²) < 4.78 is 0. The molecular weight excluding hydrogens is 378 g/mol. The van der Waals surface area contributed by atoms with Crippen LogP contribution in [0.1, 0.15) is 16.6 Å². The van der Waals surface area contributed by atoms with Gasteiger partial charge in [0.2, 0.25) is 0 Å². The number of piperazine rings is 1. The van der Waals surface area contributed by atoms with Crippen molar-refractivity contribution in [3.63, 3.8) is 0 Å². The minimum atomic E-state index is 0.0219. The van der Waals surface area contributed by atoms with Gasteiger partial charge in [0.25, 0.3) is 5.91 Å². The van der Waals surface area contributed by atoms with E-state index in [-0.39, 0.29) is 5.91 Å². The van der Waals surface area contributed by atoms with Gasteiger partial charge in [-0.05, 0) is 36.1 Å². The molecule has 0 radical (unpaired) electrons. The Kier molecular flexibility index (Phi) is 6.27. The molecule has 1 aliphatic heterocycles. The molecule has 0 bridgehead atoms. The highest BCUT2D eigenvalue weighted by molar-refractivity contribution is 7.12. The third-order valence-electron chi connectivity index (χ3n) is 5.57. The molecule has 3 aromatic rings. The van der Waals surface area contributed by atoms with Gasteiger partial charge >= 0.3 is 0 Å². The summed E-state index contributed by atoms with van der Waals surface area (Å²) in [6.07, 6.45) is 0. The first-order valence-electron chi connectivity index (χ1n) is 10.2. The number of carbonyl (C=O) groups is 1. The monoisotopic (exact) mass is 405 g/mol. The molecule has 2 heterocycles. The Morgan fingerprint density at radius 1 is 0.966 bits per heavy atom. The van der Waals surface area contributed by atoms with Crippen LogP contribution in [-0.4, -0.2) is 49.6 Å². The third kappa shape index (κ3) is 4.69. The number of para-hydroxylation sites is 1. The normalized spacial score (nSPS) is 15.8. The fourth-order valence-corrected chi connectivity index (χ4v) is 4.67. The van der Waals surface area contributed by atoms with Gasteiger partial charge in [-0.2, -0.15) is 0 Å². The van der Waals surface area contributed by atoms with Crippen LogP contribution in [0.5, 0.6) is 0 Å². The summed E-state index contributed by atoms with van der Waals surface area (Å²) >= 11 is 1.51. The number of rotatable bonds is 6. The van der Waals surface area contributed by atoms with Crippen LogP contribution >= 0.6 is 11.3 Å². The topological polar surface area (TPSA) is 35.6 Å². The second kappa shape index (κ2) is 9.25. The Bertz CT molecular complexity index is 918. The lowest BCUT2D eigenvalue weighted by molar-refractivity contribution is 0.0939. The van der Waals surface area contributed by atoms with Crippen LogP contribution in [0.2, 0.25) is 0 Å². The van der Waals surface area contributed by atoms with E-state index in [4.69, 9.17) is 0 Å². The van der Waals surface area contributed by atoms with Crippen molar-refractivity contribution >= 4 is 22.9 Å². The molecule has 2 aromatic carbocycles. The lowest BCUT2D eigenvalue weighted by Crippen LogP contribution is -2.52. The zero-order valence-corrected chi connectivity index (χ0v) is 17.6. The number of nitrogens with one attached hydrogen (secondary N) is 1. The van der Waals surface area contributed by atoms with Crippen LogP contribution in [0.3, 0.4) is 0 Å². The van der Waals surface area contributed by atoms with Crippen LogP contribution in [0, 0.1) is 0 Å². The standard InChI is InChI=1S/C24H27N3OS/c1-19(26-13-15-27(16-14-26)21-10-6-3-7-11-21)18-25-24(28)23-22(12-17-29-23)20-8-4-2-5-9-20/h2-12,17,19H,13-16,18H2,1H3,(H,25,28). The first-order chi connectivity index (χ1) is 14.2. The molecule has 1 N–H and O–H groups in total. The zero-order valence-electron chi connectivity index (χ0n) is 16.8. The summed E-state index contributed by atoms with van der Waals surface area (Å²) in [5.74, 6) is 0.0219. The number of anilines is 1. The Morgan fingerprint density at radius 2 is 1.62 bits per heavy atom. The Balaban J connectivity index is 1.30. The molecule has 1 unspecified atom stereocenters. The van der Waals surface area contributed by atoms with Crippen molar-refractivity contribution in [3.05, 3.63) is 77.0 Å². The van der Waals surface area contributed by atoms with E-state index in [1.54, 1.807) is 0 Å². The maximum absolute atomic E-state index is 12.8. The lowest BCUT2D eigenvalue weighted by Gasteiger charge is -2.39. The van der Waals surface area contributed by atoms with E-state index >= 15 is 0 Å². The van der Waals surface area contributed by atoms with Crippen molar-refractivity contribution in [3.8, 4) is 11.1 Å². The number of hydrogen-bond acceptors (Lipinski definition) is 4. The molecule has 1 atom stereocenters. The summed E-state index contributed by atoms with van der Waals surface area (Å²) in [5.41, 5.74) is 3.39. The number of benzene rings is 2. The highest BCUT2D eigenvalue weighted by Gasteiger charge is 2.22. The van der Waals surface area contributed by atoms with E-state index in [0.29, 0.717) is 12.6 Å². The average molecular weight is 406 g/mol.